The average molecular weight is 554 g/mol. The number of para-hydroxylation sites is 3. The van der Waals surface area contributed by atoms with Crippen molar-refractivity contribution in [3.8, 4) is 28.3 Å². The van der Waals surface area contributed by atoms with Crippen LogP contribution in [0.4, 0.5) is 0 Å². The summed E-state index contributed by atoms with van der Waals surface area (Å²) in [6.07, 6.45) is 0. The minimum absolute atomic E-state index is 0.928. The van der Waals surface area contributed by atoms with E-state index in [9.17, 15) is 0 Å². The van der Waals surface area contributed by atoms with Gasteiger partial charge in [0, 0.05) is 53.1 Å². The number of hydrogen-bond acceptors (Lipinski definition) is 3. The number of hydrogen-bond donors (Lipinski definition) is 0. The Morgan fingerprint density at radius 3 is 2.12 bits per heavy atom. The van der Waals surface area contributed by atoms with Crippen LogP contribution in [0.15, 0.2) is 140 Å². The van der Waals surface area contributed by atoms with Crippen molar-refractivity contribution in [1.82, 2.24) is 14.5 Å². The number of nitrogens with zero attached hydrogens (tertiary/aromatic N) is 3. The number of pyridine rings is 1. The molecular weight excluding hydrogens is 531 g/mol. The van der Waals surface area contributed by atoms with Crippen molar-refractivity contribution in [3.63, 3.8) is 0 Å². The SMILES string of the molecule is c1ccc(-c2nc3ccccc3n2-c2cccc(-c3nc4ccccc4c4c3ccc3sc5ccccc5c34)c2)cc1. The second-order valence-electron chi connectivity index (χ2n) is 10.6. The Bertz CT molecular complexity index is 2470. The predicted octanol–water partition coefficient (Wildman–Crippen LogP) is 10.4. The standard InChI is InChI=1S/C38H23N3S/c1-2-11-24(12-3-1)38-40-31-18-7-8-19-32(31)41(38)26-14-10-13-25(23-26)37-29-21-22-34-36(28-16-5-9-20-33(28)42-34)35(29)27-15-4-6-17-30(27)39-37/h1-23H. The largest absolute Gasteiger partial charge is 0.292 e. The van der Waals surface area contributed by atoms with Gasteiger partial charge < -0.3 is 0 Å². The topological polar surface area (TPSA) is 30.7 Å². The third kappa shape index (κ3) is 3.46. The van der Waals surface area contributed by atoms with Crippen LogP contribution in [0.5, 0.6) is 0 Å². The molecule has 0 atom stereocenters. The van der Waals surface area contributed by atoms with Crippen molar-refractivity contribution in [2.75, 3.05) is 0 Å². The molecule has 0 unspecified atom stereocenters. The summed E-state index contributed by atoms with van der Waals surface area (Å²) in [4.78, 5) is 10.3. The summed E-state index contributed by atoms with van der Waals surface area (Å²) in [5.74, 6) is 0.928. The van der Waals surface area contributed by atoms with Gasteiger partial charge in [0.15, 0.2) is 0 Å². The number of rotatable bonds is 3. The van der Waals surface area contributed by atoms with Gasteiger partial charge in [0.2, 0.25) is 0 Å². The van der Waals surface area contributed by atoms with Crippen LogP contribution in [0.2, 0.25) is 0 Å². The Morgan fingerprint density at radius 1 is 0.476 bits per heavy atom. The van der Waals surface area contributed by atoms with Crippen molar-refractivity contribution in [3.05, 3.63) is 140 Å². The first-order valence-corrected chi connectivity index (χ1v) is 14.9. The molecule has 0 aliphatic heterocycles. The van der Waals surface area contributed by atoms with E-state index in [1.54, 1.807) is 0 Å². The molecule has 9 rings (SSSR count). The van der Waals surface area contributed by atoms with Crippen LogP contribution >= 0.6 is 11.3 Å². The summed E-state index contributed by atoms with van der Waals surface area (Å²) < 4.78 is 4.88. The Kier molecular flexibility index (Phi) is 5.07. The van der Waals surface area contributed by atoms with Gasteiger partial charge in [-0.3, -0.25) is 4.57 Å². The van der Waals surface area contributed by atoms with Gasteiger partial charge in [-0.25, -0.2) is 9.97 Å². The lowest BCUT2D eigenvalue weighted by molar-refractivity contribution is 1.10. The van der Waals surface area contributed by atoms with Gasteiger partial charge >= 0.3 is 0 Å². The van der Waals surface area contributed by atoms with Crippen molar-refractivity contribution in [1.29, 1.82) is 0 Å². The summed E-state index contributed by atoms with van der Waals surface area (Å²) in [5, 5.41) is 6.25. The molecule has 42 heavy (non-hydrogen) atoms. The highest BCUT2D eigenvalue weighted by Crippen LogP contribution is 2.43. The van der Waals surface area contributed by atoms with Crippen LogP contribution in [0, 0.1) is 0 Å². The van der Waals surface area contributed by atoms with Crippen molar-refractivity contribution in [2.45, 2.75) is 0 Å². The number of aromatic nitrogens is 3. The number of thiophene rings is 1. The third-order valence-electron chi connectivity index (χ3n) is 8.17. The van der Waals surface area contributed by atoms with Gasteiger partial charge in [0.05, 0.1) is 22.2 Å². The summed E-state index contributed by atoms with van der Waals surface area (Å²) in [6, 6.07) is 49.3. The smallest absolute Gasteiger partial charge is 0.145 e. The highest BCUT2D eigenvalue weighted by molar-refractivity contribution is 7.26. The Hall–Kier alpha value is -5.32. The number of imidazole rings is 1. The highest BCUT2D eigenvalue weighted by atomic mass is 32.1. The maximum atomic E-state index is 5.29. The zero-order chi connectivity index (χ0) is 27.6. The molecule has 0 bridgehead atoms. The molecule has 9 aromatic rings. The maximum Gasteiger partial charge on any atom is 0.145 e. The fourth-order valence-corrected chi connectivity index (χ4v) is 7.45. The molecule has 3 nitrogen and oxygen atoms in total. The molecule has 0 radical (unpaired) electrons. The Balaban J connectivity index is 1.35. The van der Waals surface area contributed by atoms with Crippen molar-refractivity contribution < 1.29 is 0 Å². The lowest BCUT2D eigenvalue weighted by atomic mass is 9.96. The van der Waals surface area contributed by atoms with Crippen LogP contribution in [0.3, 0.4) is 0 Å². The van der Waals surface area contributed by atoms with E-state index in [1.165, 1.54) is 36.3 Å². The van der Waals surface area contributed by atoms with E-state index < -0.39 is 0 Å². The summed E-state index contributed by atoms with van der Waals surface area (Å²) in [7, 11) is 0. The first-order valence-electron chi connectivity index (χ1n) is 14.1. The normalized spacial score (nSPS) is 11.8. The molecule has 6 aromatic carbocycles. The molecule has 0 spiro atoms. The van der Waals surface area contributed by atoms with E-state index in [-0.39, 0.29) is 0 Å². The molecule has 0 saturated heterocycles. The third-order valence-corrected chi connectivity index (χ3v) is 9.31. The van der Waals surface area contributed by atoms with Gasteiger partial charge in [-0.2, -0.15) is 0 Å². The molecule has 0 aliphatic carbocycles. The van der Waals surface area contributed by atoms with Gasteiger partial charge in [-0.1, -0.05) is 97.1 Å². The first-order chi connectivity index (χ1) is 20.8. The van der Waals surface area contributed by atoms with E-state index in [1.807, 2.05) is 23.5 Å². The quantitative estimate of drug-likeness (QED) is 0.204. The average Bonchev–Trinajstić information content (AvgIpc) is 3.64. The van der Waals surface area contributed by atoms with E-state index in [4.69, 9.17) is 9.97 Å². The van der Waals surface area contributed by atoms with Crippen LogP contribution in [-0.2, 0) is 0 Å². The fraction of sp³-hybridized carbons (Fsp3) is 0. The van der Waals surface area contributed by atoms with Gasteiger partial charge in [0.1, 0.15) is 5.82 Å². The zero-order valence-electron chi connectivity index (χ0n) is 22.5. The van der Waals surface area contributed by atoms with E-state index in [0.717, 1.165) is 44.9 Å². The van der Waals surface area contributed by atoms with Crippen LogP contribution < -0.4 is 0 Å². The number of benzene rings is 6. The highest BCUT2D eigenvalue weighted by Gasteiger charge is 2.18. The Morgan fingerprint density at radius 2 is 1.21 bits per heavy atom. The lowest BCUT2D eigenvalue weighted by Gasteiger charge is -2.14. The molecule has 0 saturated carbocycles. The molecule has 0 N–H and O–H groups in total. The zero-order valence-corrected chi connectivity index (χ0v) is 23.3. The van der Waals surface area contributed by atoms with E-state index in [2.05, 4.69) is 132 Å². The minimum atomic E-state index is 0.928. The second-order valence-corrected chi connectivity index (χ2v) is 11.7. The van der Waals surface area contributed by atoms with Crippen molar-refractivity contribution in [2.24, 2.45) is 0 Å². The Labute approximate surface area is 246 Å². The molecule has 0 amide bonds. The monoisotopic (exact) mass is 553 g/mol. The van der Waals surface area contributed by atoms with Crippen LogP contribution in [0.25, 0.3) is 81.2 Å². The predicted molar refractivity (Wildman–Crippen MR) is 178 cm³/mol. The first kappa shape index (κ1) is 23.4. The molecular formula is C38H23N3S. The van der Waals surface area contributed by atoms with E-state index in [0.29, 0.717) is 0 Å². The fourth-order valence-electron chi connectivity index (χ4n) is 6.34. The number of fused-ring (bicyclic) bond motifs is 8. The molecule has 3 heterocycles. The van der Waals surface area contributed by atoms with Crippen LogP contribution in [0.1, 0.15) is 0 Å². The van der Waals surface area contributed by atoms with Crippen molar-refractivity contribution >= 4 is 64.2 Å². The van der Waals surface area contributed by atoms with Crippen LogP contribution in [-0.4, -0.2) is 14.5 Å². The van der Waals surface area contributed by atoms with Gasteiger partial charge in [-0.15, -0.1) is 11.3 Å². The van der Waals surface area contributed by atoms with E-state index >= 15 is 0 Å². The minimum Gasteiger partial charge on any atom is -0.292 e. The summed E-state index contributed by atoms with van der Waals surface area (Å²) in [5.41, 5.74) is 7.28. The maximum absolute atomic E-state index is 5.29. The van der Waals surface area contributed by atoms with Gasteiger partial charge in [-0.05, 0) is 42.5 Å². The molecule has 0 aliphatic rings. The molecule has 196 valence electrons. The summed E-state index contributed by atoms with van der Waals surface area (Å²) in [6.45, 7) is 0. The summed E-state index contributed by atoms with van der Waals surface area (Å²) >= 11 is 1.86. The van der Waals surface area contributed by atoms with Gasteiger partial charge in [0.25, 0.3) is 0 Å². The molecule has 3 aromatic heterocycles. The lowest BCUT2D eigenvalue weighted by Crippen LogP contribution is -1.98. The molecule has 0 fully saturated rings. The molecule has 4 heteroatoms. The second kappa shape index (κ2) is 9.10.